The van der Waals surface area contributed by atoms with Crippen molar-refractivity contribution in [2.75, 3.05) is 0 Å². The van der Waals surface area contributed by atoms with E-state index in [0.717, 1.165) is 12.1 Å². The van der Waals surface area contributed by atoms with Crippen LogP contribution in [0.1, 0.15) is 11.3 Å². The van der Waals surface area contributed by atoms with E-state index in [1.165, 1.54) is 5.56 Å². The SMILES string of the molecule is [Ag].c1ccc(Cc2cn[nH]n2)cc1. The van der Waals surface area contributed by atoms with Gasteiger partial charge in [0.25, 0.3) is 0 Å². The fraction of sp³-hybridized carbons (Fsp3) is 0.111. The van der Waals surface area contributed by atoms with Gasteiger partial charge in [-0.1, -0.05) is 30.3 Å². The summed E-state index contributed by atoms with van der Waals surface area (Å²) in [5, 5.41) is 10.3. The molecular weight excluding hydrogens is 258 g/mol. The van der Waals surface area contributed by atoms with Gasteiger partial charge in [0.1, 0.15) is 0 Å². The first-order valence-corrected chi connectivity index (χ1v) is 3.84. The fourth-order valence-electron chi connectivity index (χ4n) is 1.12. The Balaban J connectivity index is 0.000000845. The molecule has 1 heterocycles. The van der Waals surface area contributed by atoms with Crippen molar-refractivity contribution in [1.29, 1.82) is 0 Å². The Labute approximate surface area is 92.1 Å². The quantitative estimate of drug-likeness (QED) is 0.835. The second-order valence-corrected chi connectivity index (χ2v) is 2.62. The monoisotopic (exact) mass is 266 g/mol. The second-order valence-electron chi connectivity index (χ2n) is 2.62. The molecule has 0 fully saturated rings. The molecule has 0 spiro atoms. The predicted octanol–water partition coefficient (Wildman–Crippen LogP) is 1.39. The van der Waals surface area contributed by atoms with Gasteiger partial charge in [-0.25, -0.2) is 0 Å². The van der Waals surface area contributed by atoms with Gasteiger partial charge in [0.15, 0.2) is 0 Å². The van der Waals surface area contributed by atoms with Crippen LogP contribution < -0.4 is 0 Å². The molecular formula is C9H9AgN3. The van der Waals surface area contributed by atoms with Gasteiger partial charge in [-0.05, 0) is 5.56 Å². The summed E-state index contributed by atoms with van der Waals surface area (Å²) in [7, 11) is 0. The Morgan fingerprint density at radius 3 is 2.54 bits per heavy atom. The van der Waals surface area contributed by atoms with Crippen LogP contribution in [0, 0.1) is 0 Å². The third kappa shape index (κ3) is 2.81. The van der Waals surface area contributed by atoms with Crippen molar-refractivity contribution in [3.05, 3.63) is 47.8 Å². The van der Waals surface area contributed by atoms with Gasteiger partial charge in [-0.2, -0.15) is 15.4 Å². The summed E-state index contributed by atoms with van der Waals surface area (Å²) < 4.78 is 0. The molecule has 2 aromatic rings. The van der Waals surface area contributed by atoms with Crippen LogP contribution >= 0.6 is 0 Å². The van der Waals surface area contributed by atoms with Gasteiger partial charge < -0.3 is 0 Å². The van der Waals surface area contributed by atoms with Crippen molar-refractivity contribution in [3.8, 4) is 0 Å². The zero-order valence-corrected chi connectivity index (χ0v) is 8.35. The van der Waals surface area contributed by atoms with Crippen molar-refractivity contribution in [1.82, 2.24) is 15.4 Å². The molecule has 0 aliphatic rings. The Morgan fingerprint density at radius 1 is 1.15 bits per heavy atom. The molecule has 1 aromatic heterocycles. The van der Waals surface area contributed by atoms with E-state index in [9.17, 15) is 0 Å². The van der Waals surface area contributed by atoms with E-state index in [4.69, 9.17) is 0 Å². The van der Waals surface area contributed by atoms with E-state index in [1.54, 1.807) is 6.20 Å². The maximum absolute atomic E-state index is 3.98. The van der Waals surface area contributed by atoms with E-state index < -0.39 is 0 Å². The molecule has 1 N–H and O–H groups in total. The van der Waals surface area contributed by atoms with E-state index in [0.29, 0.717) is 0 Å². The van der Waals surface area contributed by atoms with Gasteiger partial charge in [0, 0.05) is 28.8 Å². The van der Waals surface area contributed by atoms with Crippen LogP contribution in [0.4, 0.5) is 0 Å². The van der Waals surface area contributed by atoms with Crippen LogP contribution in [0.15, 0.2) is 36.5 Å². The van der Waals surface area contributed by atoms with E-state index in [2.05, 4.69) is 27.5 Å². The minimum absolute atomic E-state index is 0. The minimum Gasteiger partial charge on any atom is -0.198 e. The third-order valence-electron chi connectivity index (χ3n) is 1.69. The number of benzene rings is 1. The maximum Gasteiger partial charge on any atom is 0.0868 e. The van der Waals surface area contributed by atoms with Crippen molar-refractivity contribution in [2.24, 2.45) is 0 Å². The summed E-state index contributed by atoms with van der Waals surface area (Å²) in [5.41, 5.74) is 2.23. The third-order valence-corrected chi connectivity index (χ3v) is 1.69. The van der Waals surface area contributed by atoms with Crippen molar-refractivity contribution in [2.45, 2.75) is 6.42 Å². The number of aromatic nitrogens is 3. The Kier molecular flexibility index (Phi) is 3.89. The summed E-state index contributed by atoms with van der Waals surface area (Å²) >= 11 is 0. The summed E-state index contributed by atoms with van der Waals surface area (Å²) in [5.74, 6) is 0. The number of nitrogens with one attached hydrogen (secondary N) is 1. The number of hydrogen-bond donors (Lipinski definition) is 1. The number of hydrogen-bond acceptors (Lipinski definition) is 2. The minimum atomic E-state index is 0. The maximum atomic E-state index is 3.98. The summed E-state index contributed by atoms with van der Waals surface area (Å²) in [6.07, 6.45) is 2.59. The molecule has 0 saturated carbocycles. The van der Waals surface area contributed by atoms with Gasteiger partial charge in [-0.3, -0.25) is 0 Å². The molecule has 1 radical (unpaired) electrons. The molecule has 4 heteroatoms. The smallest absolute Gasteiger partial charge is 0.0868 e. The standard InChI is InChI=1S/C9H9N3.Ag/c1-2-4-8(5-3-1)6-9-7-10-12-11-9;/h1-5,7H,6H2,(H,10,11,12);. The number of aromatic amines is 1. The van der Waals surface area contributed by atoms with Crippen LogP contribution in [0.3, 0.4) is 0 Å². The average molecular weight is 267 g/mol. The molecule has 2 rings (SSSR count). The molecule has 3 nitrogen and oxygen atoms in total. The first kappa shape index (κ1) is 10.2. The van der Waals surface area contributed by atoms with Crippen molar-refractivity contribution < 1.29 is 22.4 Å². The Hall–Kier alpha value is -0.900. The number of H-pyrrole nitrogens is 1. The molecule has 0 bridgehead atoms. The van der Waals surface area contributed by atoms with Crippen molar-refractivity contribution in [3.63, 3.8) is 0 Å². The fourth-order valence-corrected chi connectivity index (χ4v) is 1.12. The van der Waals surface area contributed by atoms with E-state index in [1.807, 2.05) is 18.2 Å². The molecule has 0 saturated heterocycles. The average Bonchev–Trinajstić information content (AvgIpc) is 2.59. The van der Waals surface area contributed by atoms with Crippen LogP contribution in [0.25, 0.3) is 0 Å². The molecule has 0 aliphatic carbocycles. The van der Waals surface area contributed by atoms with Crippen LogP contribution in [-0.4, -0.2) is 15.4 Å². The first-order chi connectivity index (χ1) is 5.95. The molecule has 0 amide bonds. The molecule has 71 valence electrons. The van der Waals surface area contributed by atoms with Gasteiger partial charge >= 0.3 is 0 Å². The molecule has 13 heavy (non-hydrogen) atoms. The first-order valence-electron chi connectivity index (χ1n) is 3.84. The van der Waals surface area contributed by atoms with Crippen LogP contribution in [0.2, 0.25) is 0 Å². The van der Waals surface area contributed by atoms with Gasteiger partial charge in [0.2, 0.25) is 0 Å². The summed E-state index contributed by atoms with van der Waals surface area (Å²) in [6, 6.07) is 10.2. The Bertz CT molecular complexity index is 331. The summed E-state index contributed by atoms with van der Waals surface area (Å²) in [6.45, 7) is 0. The second kappa shape index (κ2) is 4.97. The molecule has 0 atom stereocenters. The number of nitrogens with zero attached hydrogens (tertiary/aromatic N) is 2. The van der Waals surface area contributed by atoms with Gasteiger partial charge in [-0.15, -0.1) is 0 Å². The van der Waals surface area contributed by atoms with Crippen molar-refractivity contribution >= 4 is 0 Å². The van der Waals surface area contributed by atoms with E-state index >= 15 is 0 Å². The molecule has 1 aromatic carbocycles. The topological polar surface area (TPSA) is 41.6 Å². The van der Waals surface area contributed by atoms with Crippen LogP contribution in [0.5, 0.6) is 0 Å². The zero-order valence-electron chi connectivity index (χ0n) is 6.87. The predicted molar refractivity (Wildman–Crippen MR) is 45.6 cm³/mol. The number of rotatable bonds is 2. The van der Waals surface area contributed by atoms with Crippen LogP contribution in [-0.2, 0) is 28.8 Å². The summed E-state index contributed by atoms with van der Waals surface area (Å²) in [4.78, 5) is 0. The molecule has 0 aliphatic heterocycles. The zero-order chi connectivity index (χ0) is 8.23. The molecule has 0 unspecified atom stereocenters. The van der Waals surface area contributed by atoms with Gasteiger partial charge in [0.05, 0.1) is 11.9 Å². The normalized spacial score (nSPS) is 9.23. The largest absolute Gasteiger partial charge is 0.198 e. The van der Waals surface area contributed by atoms with E-state index in [-0.39, 0.29) is 22.4 Å². The Morgan fingerprint density at radius 2 is 1.92 bits per heavy atom.